The first kappa shape index (κ1) is 24.4. The van der Waals surface area contributed by atoms with Crippen LogP contribution in [0.4, 0.5) is 5.82 Å². The summed E-state index contributed by atoms with van der Waals surface area (Å²) in [5.41, 5.74) is 8.67. The molecule has 8 heteroatoms. The van der Waals surface area contributed by atoms with Crippen molar-refractivity contribution in [2.75, 3.05) is 11.9 Å². The van der Waals surface area contributed by atoms with E-state index in [1.807, 2.05) is 24.3 Å². The number of pyridine rings is 1. The Morgan fingerprint density at radius 1 is 0.970 bits per heavy atom. The highest BCUT2D eigenvalue weighted by atomic mass is 32.2. The van der Waals surface area contributed by atoms with Crippen molar-refractivity contribution >= 4 is 21.6 Å². The summed E-state index contributed by atoms with van der Waals surface area (Å²) in [5, 5.41) is 11.6. The Morgan fingerprint density at radius 3 is 2.18 bits per heavy atom. The molecule has 0 fully saturated rings. The van der Waals surface area contributed by atoms with E-state index in [0.29, 0.717) is 0 Å². The molecule has 1 unspecified atom stereocenters. The number of nitrogens with one attached hydrogen (secondary N) is 1. The molecule has 4 N–H and O–H groups in total. The molecule has 2 aromatic carbocycles. The summed E-state index contributed by atoms with van der Waals surface area (Å²) in [6.45, 7) is 5.96. The normalized spacial score (nSPS) is 13.8. The number of nitrogens with zero attached hydrogens (tertiary/aromatic N) is 1. The molecule has 174 valence electrons. The van der Waals surface area contributed by atoms with Gasteiger partial charge in [0.2, 0.25) is 9.84 Å². The number of aliphatic carboxylic acids is 1. The van der Waals surface area contributed by atoms with Crippen LogP contribution in [0.3, 0.4) is 0 Å². The molecule has 1 heterocycles. The van der Waals surface area contributed by atoms with Crippen molar-refractivity contribution in [1.82, 2.24) is 4.98 Å². The number of nitrogens with two attached hydrogens (primary N) is 1. The molecule has 1 aromatic heterocycles. The number of hydrogen-bond acceptors (Lipinski definition) is 6. The van der Waals surface area contributed by atoms with E-state index in [4.69, 9.17) is 10.8 Å². The molecule has 0 aliphatic heterocycles. The molecule has 7 nitrogen and oxygen atoms in total. The van der Waals surface area contributed by atoms with E-state index in [2.05, 4.69) is 31.1 Å². The molecule has 0 radical (unpaired) electrons. The Morgan fingerprint density at radius 2 is 1.61 bits per heavy atom. The lowest BCUT2D eigenvalue weighted by Crippen LogP contribution is -2.47. The van der Waals surface area contributed by atoms with Gasteiger partial charge >= 0.3 is 5.97 Å². The second-order valence-corrected chi connectivity index (χ2v) is 11.2. The van der Waals surface area contributed by atoms with E-state index in [0.717, 1.165) is 11.1 Å². The van der Waals surface area contributed by atoms with Crippen molar-refractivity contribution < 1.29 is 18.3 Å². The highest BCUT2D eigenvalue weighted by Crippen LogP contribution is 2.34. The van der Waals surface area contributed by atoms with Crippen LogP contribution in [-0.2, 0) is 31.3 Å². The largest absolute Gasteiger partial charge is 0.480 e. The zero-order chi connectivity index (χ0) is 24.3. The minimum atomic E-state index is -4.07. The molecule has 0 bridgehead atoms. The van der Waals surface area contributed by atoms with Crippen LogP contribution in [0.5, 0.6) is 0 Å². The fraction of sp³-hybridized carbons (Fsp3) is 0.280. The molecule has 3 rings (SSSR count). The summed E-state index contributed by atoms with van der Waals surface area (Å²) in [6, 6.07) is 20.5. The second kappa shape index (κ2) is 9.33. The maximum atomic E-state index is 13.8. The van der Waals surface area contributed by atoms with Crippen LogP contribution in [0, 0.1) is 0 Å². The Balaban J connectivity index is 2.09. The van der Waals surface area contributed by atoms with Crippen LogP contribution in [0.25, 0.3) is 0 Å². The van der Waals surface area contributed by atoms with Crippen LogP contribution in [0.2, 0.25) is 0 Å². The molecule has 33 heavy (non-hydrogen) atoms. The molecule has 0 saturated heterocycles. The second-order valence-electron chi connectivity index (χ2n) is 8.99. The van der Waals surface area contributed by atoms with Crippen molar-refractivity contribution in [3.63, 3.8) is 0 Å². The van der Waals surface area contributed by atoms with E-state index < -0.39 is 20.7 Å². The summed E-state index contributed by atoms with van der Waals surface area (Å²) >= 11 is 0. The summed E-state index contributed by atoms with van der Waals surface area (Å²) < 4.78 is 27.6. The topological polar surface area (TPSA) is 122 Å². The number of anilines is 1. The van der Waals surface area contributed by atoms with Gasteiger partial charge in [0.25, 0.3) is 0 Å². The molecular formula is C25H29N3O4S. The zero-order valence-electron chi connectivity index (χ0n) is 18.9. The third kappa shape index (κ3) is 5.40. The third-order valence-corrected chi connectivity index (χ3v) is 7.63. The maximum absolute atomic E-state index is 13.8. The van der Waals surface area contributed by atoms with Crippen molar-refractivity contribution in [1.29, 1.82) is 0 Å². The van der Waals surface area contributed by atoms with Crippen LogP contribution >= 0.6 is 0 Å². The predicted molar refractivity (Wildman–Crippen MR) is 129 cm³/mol. The molecular weight excluding hydrogens is 438 g/mol. The van der Waals surface area contributed by atoms with Gasteiger partial charge in [-0.3, -0.25) is 4.79 Å². The minimum Gasteiger partial charge on any atom is -0.480 e. The average molecular weight is 468 g/mol. The Hall–Kier alpha value is -3.23. The number of sulfone groups is 1. The van der Waals surface area contributed by atoms with E-state index >= 15 is 0 Å². The van der Waals surface area contributed by atoms with Crippen LogP contribution in [0.1, 0.15) is 37.6 Å². The number of aromatic nitrogens is 1. The van der Waals surface area contributed by atoms with Gasteiger partial charge in [-0.05, 0) is 40.8 Å². The van der Waals surface area contributed by atoms with Gasteiger partial charge in [-0.25, -0.2) is 13.4 Å². The first-order chi connectivity index (χ1) is 15.4. The number of carbonyl (C=O) groups is 1. The van der Waals surface area contributed by atoms with Gasteiger partial charge in [-0.15, -0.1) is 0 Å². The summed E-state index contributed by atoms with van der Waals surface area (Å²) in [7, 11) is -4.07. The van der Waals surface area contributed by atoms with Crippen molar-refractivity contribution in [3.8, 4) is 0 Å². The fourth-order valence-electron chi connectivity index (χ4n) is 3.49. The highest BCUT2D eigenvalue weighted by Gasteiger charge is 2.44. The molecule has 0 aliphatic carbocycles. The molecule has 0 saturated carbocycles. The summed E-state index contributed by atoms with van der Waals surface area (Å²) in [4.78, 5) is 13.5. The quantitative estimate of drug-likeness (QED) is 0.462. The number of rotatable bonds is 8. The van der Waals surface area contributed by atoms with Crippen molar-refractivity contribution in [2.24, 2.45) is 5.73 Å². The number of carboxylic acid groups (broad SMARTS) is 1. The van der Waals surface area contributed by atoms with Gasteiger partial charge in [0.1, 0.15) is 12.4 Å². The SMILES string of the molecule is CC(C)(C)c1ccc(CC(N)(c2cccc(NCC(=O)O)n2)S(=O)(=O)c2ccccc2)cc1. The van der Waals surface area contributed by atoms with E-state index in [1.54, 1.807) is 36.4 Å². The lowest BCUT2D eigenvalue weighted by atomic mass is 9.86. The predicted octanol–water partition coefficient (Wildman–Crippen LogP) is 3.70. The van der Waals surface area contributed by atoms with Crippen LogP contribution < -0.4 is 11.1 Å². The monoisotopic (exact) mass is 467 g/mol. The Labute approximate surface area is 194 Å². The Kier molecular flexibility index (Phi) is 6.90. The highest BCUT2D eigenvalue weighted by molar-refractivity contribution is 7.92. The lowest BCUT2D eigenvalue weighted by molar-refractivity contribution is -0.134. The number of hydrogen-bond donors (Lipinski definition) is 3. The summed E-state index contributed by atoms with van der Waals surface area (Å²) in [6.07, 6.45) is -0.00989. The summed E-state index contributed by atoms with van der Waals surface area (Å²) in [5.74, 6) is -0.826. The molecule has 1 atom stereocenters. The van der Waals surface area contributed by atoms with Gasteiger partial charge in [0, 0.05) is 6.42 Å². The third-order valence-electron chi connectivity index (χ3n) is 5.42. The average Bonchev–Trinajstić information content (AvgIpc) is 2.78. The lowest BCUT2D eigenvalue weighted by Gasteiger charge is -2.30. The van der Waals surface area contributed by atoms with Crippen LogP contribution in [-0.4, -0.2) is 31.0 Å². The zero-order valence-corrected chi connectivity index (χ0v) is 19.8. The Bertz CT molecular complexity index is 1220. The smallest absolute Gasteiger partial charge is 0.322 e. The first-order valence-corrected chi connectivity index (χ1v) is 12.0. The van der Waals surface area contributed by atoms with Gasteiger partial charge in [-0.2, -0.15) is 0 Å². The number of carboxylic acids is 1. The van der Waals surface area contributed by atoms with Gasteiger partial charge in [0.15, 0.2) is 4.87 Å². The van der Waals surface area contributed by atoms with Gasteiger partial charge in [-0.1, -0.05) is 69.3 Å². The molecule has 0 spiro atoms. The van der Waals surface area contributed by atoms with Gasteiger partial charge < -0.3 is 16.2 Å². The minimum absolute atomic E-state index is 0.00989. The fourth-order valence-corrected chi connectivity index (χ4v) is 5.18. The van der Waals surface area contributed by atoms with Gasteiger partial charge in [0.05, 0.1) is 10.6 Å². The molecule has 0 amide bonds. The maximum Gasteiger partial charge on any atom is 0.322 e. The number of benzene rings is 2. The van der Waals surface area contributed by atoms with Crippen molar-refractivity contribution in [2.45, 2.75) is 42.4 Å². The first-order valence-electron chi connectivity index (χ1n) is 10.5. The van der Waals surface area contributed by atoms with Crippen LogP contribution in [0.15, 0.2) is 77.7 Å². The van der Waals surface area contributed by atoms with Crippen molar-refractivity contribution in [3.05, 3.63) is 89.6 Å². The van der Waals surface area contributed by atoms with E-state index in [1.165, 1.54) is 12.1 Å². The van der Waals surface area contributed by atoms with E-state index in [9.17, 15) is 13.2 Å². The molecule has 0 aliphatic rings. The molecule has 3 aromatic rings. The van der Waals surface area contributed by atoms with E-state index in [-0.39, 0.29) is 34.8 Å². The standard InChI is InChI=1S/C25H29N3O4S/c1-24(2,3)19-14-12-18(13-15-19)16-25(26,33(31,32)20-8-5-4-6-9-20)21-10-7-11-22(28-21)27-17-23(29)30/h4-15H,16-17,26H2,1-3H3,(H,27,28)(H,29,30).